The maximum Gasteiger partial charge on any atom is 0.408 e. The average molecular weight is 494 g/mol. The second kappa shape index (κ2) is 13.1. The number of ether oxygens (including phenoxy) is 1. The Hall–Kier alpha value is -4.14. The van der Waals surface area contributed by atoms with Gasteiger partial charge in [-0.25, -0.2) is 9.59 Å². The molecule has 0 radical (unpaired) electrons. The fourth-order valence-electron chi connectivity index (χ4n) is 3.63. The van der Waals surface area contributed by atoms with Crippen LogP contribution in [0.1, 0.15) is 43.7 Å². The number of carbonyl (C=O) groups is 3. The van der Waals surface area contributed by atoms with Crippen molar-refractivity contribution in [3.05, 3.63) is 76.1 Å². The second-order valence-corrected chi connectivity index (χ2v) is 8.41. The lowest BCUT2D eigenvalue weighted by molar-refractivity contribution is -0.121. The Kier molecular flexibility index (Phi) is 9.62. The van der Waals surface area contributed by atoms with Crippen LogP contribution in [-0.2, 0) is 20.9 Å². The van der Waals surface area contributed by atoms with E-state index < -0.39 is 23.7 Å². The molecule has 2 aromatic carbocycles. The van der Waals surface area contributed by atoms with E-state index in [-0.39, 0.29) is 12.5 Å². The number of amides is 3. The Morgan fingerprint density at radius 1 is 1.03 bits per heavy atom. The Labute approximate surface area is 209 Å². The zero-order valence-electron chi connectivity index (χ0n) is 20.5. The fourth-order valence-corrected chi connectivity index (χ4v) is 3.63. The zero-order chi connectivity index (χ0) is 25.9. The van der Waals surface area contributed by atoms with Gasteiger partial charge in [-0.15, -0.1) is 0 Å². The van der Waals surface area contributed by atoms with Crippen molar-refractivity contribution >= 4 is 34.6 Å². The topological polar surface area (TPSA) is 127 Å². The van der Waals surface area contributed by atoms with Crippen LogP contribution in [0.5, 0.6) is 0 Å². The number of rotatable bonds is 11. The maximum atomic E-state index is 13.1. The van der Waals surface area contributed by atoms with Crippen molar-refractivity contribution in [2.75, 3.05) is 11.9 Å². The molecule has 0 fully saturated rings. The van der Waals surface area contributed by atoms with Gasteiger partial charge in [0.2, 0.25) is 11.8 Å². The minimum Gasteiger partial charge on any atom is -0.445 e. The van der Waals surface area contributed by atoms with Crippen LogP contribution < -0.4 is 21.6 Å². The molecule has 1 aromatic heterocycles. The summed E-state index contributed by atoms with van der Waals surface area (Å²) in [7, 11) is 0. The molecule has 0 saturated carbocycles. The molecule has 0 bridgehead atoms. The third kappa shape index (κ3) is 7.97. The van der Waals surface area contributed by atoms with Crippen LogP contribution >= 0.6 is 0 Å². The van der Waals surface area contributed by atoms with Gasteiger partial charge in [0.15, 0.2) is 0 Å². The van der Waals surface area contributed by atoms with E-state index in [0.29, 0.717) is 43.5 Å². The smallest absolute Gasteiger partial charge is 0.408 e. The lowest BCUT2D eigenvalue weighted by Crippen LogP contribution is -2.44. The van der Waals surface area contributed by atoms with E-state index in [1.807, 2.05) is 30.3 Å². The molecule has 1 heterocycles. The van der Waals surface area contributed by atoms with Crippen molar-refractivity contribution in [3.63, 3.8) is 0 Å². The van der Waals surface area contributed by atoms with Gasteiger partial charge in [0.05, 0.1) is 0 Å². The van der Waals surface area contributed by atoms with Gasteiger partial charge in [-0.1, -0.05) is 37.3 Å². The SMILES string of the molecule is CCC(=O)NCCCC[C@H](NC(=O)OCc1ccccc1)C(=O)Nc1ccc2c(C)cc(=O)oc2c1. The van der Waals surface area contributed by atoms with Gasteiger partial charge >= 0.3 is 11.7 Å². The third-order valence-electron chi connectivity index (χ3n) is 5.60. The molecular weight excluding hydrogens is 462 g/mol. The molecule has 0 aliphatic rings. The molecule has 3 rings (SSSR count). The number of alkyl carbamates (subject to hydrolysis) is 1. The van der Waals surface area contributed by atoms with E-state index in [4.69, 9.17) is 9.15 Å². The van der Waals surface area contributed by atoms with Gasteiger partial charge in [0, 0.05) is 36.2 Å². The van der Waals surface area contributed by atoms with E-state index in [1.165, 1.54) is 6.07 Å². The Morgan fingerprint density at radius 2 is 1.81 bits per heavy atom. The molecule has 0 spiro atoms. The molecule has 0 aliphatic heterocycles. The summed E-state index contributed by atoms with van der Waals surface area (Å²) in [5.41, 5.74) is 1.92. The number of anilines is 1. The molecular formula is C27H31N3O6. The highest BCUT2D eigenvalue weighted by molar-refractivity contribution is 5.98. The van der Waals surface area contributed by atoms with Gasteiger partial charge in [0.1, 0.15) is 18.2 Å². The summed E-state index contributed by atoms with van der Waals surface area (Å²) in [5, 5.41) is 8.98. The first-order chi connectivity index (χ1) is 17.4. The number of carbonyl (C=O) groups excluding carboxylic acids is 3. The van der Waals surface area contributed by atoms with Crippen molar-refractivity contribution in [2.45, 2.75) is 52.2 Å². The molecule has 36 heavy (non-hydrogen) atoms. The van der Waals surface area contributed by atoms with Crippen LogP contribution in [-0.4, -0.2) is 30.5 Å². The number of unbranched alkanes of at least 4 members (excludes halogenated alkanes) is 1. The van der Waals surface area contributed by atoms with Gasteiger partial charge < -0.3 is 25.1 Å². The van der Waals surface area contributed by atoms with Crippen molar-refractivity contribution in [1.29, 1.82) is 0 Å². The summed E-state index contributed by atoms with van der Waals surface area (Å²) in [5.74, 6) is -0.469. The van der Waals surface area contributed by atoms with Crippen LogP contribution in [0, 0.1) is 6.92 Å². The van der Waals surface area contributed by atoms with Gasteiger partial charge in [-0.2, -0.15) is 0 Å². The number of nitrogens with one attached hydrogen (secondary N) is 3. The monoisotopic (exact) mass is 493 g/mol. The summed E-state index contributed by atoms with van der Waals surface area (Å²) >= 11 is 0. The molecule has 0 aliphatic carbocycles. The van der Waals surface area contributed by atoms with Crippen molar-refractivity contribution < 1.29 is 23.5 Å². The zero-order valence-corrected chi connectivity index (χ0v) is 20.5. The van der Waals surface area contributed by atoms with Crippen LogP contribution in [0.15, 0.2) is 63.8 Å². The fraction of sp³-hybridized carbons (Fsp3) is 0.333. The molecule has 190 valence electrons. The first-order valence-corrected chi connectivity index (χ1v) is 11.9. The van der Waals surface area contributed by atoms with E-state index in [2.05, 4.69) is 16.0 Å². The van der Waals surface area contributed by atoms with E-state index in [0.717, 1.165) is 16.5 Å². The van der Waals surface area contributed by atoms with Gasteiger partial charge in [-0.3, -0.25) is 9.59 Å². The van der Waals surface area contributed by atoms with Gasteiger partial charge in [-0.05, 0) is 49.4 Å². The molecule has 0 unspecified atom stereocenters. The van der Waals surface area contributed by atoms with Crippen molar-refractivity contribution in [2.24, 2.45) is 0 Å². The van der Waals surface area contributed by atoms with Crippen LogP contribution in [0.4, 0.5) is 10.5 Å². The van der Waals surface area contributed by atoms with Crippen LogP contribution in [0.25, 0.3) is 11.0 Å². The highest BCUT2D eigenvalue weighted by atomic mass is 16.5. The lowest BCUT2D eigenvalue weighted by atomic mass is 10.1. The van der Waals surface area contributed by atoms with E-state index in [9.17, 15) is 19.2 Å². The van der Waals surface area contributed by atoms with E-state index >= 15 is 0 Å². The number of aryl methyl sites for hydroxylation is 1. The van der Waals surface area contributed by atoms with Crippen molar-refractivity contribution in [3.8, 4) is 0 Å². The average Bonchev–Trinajstić information content (AvgIpc) is 2.86. The molecule has 3 aromatic rings. The Morgan fingerprint density at radius 3 is 2.56 bits per heavy atom. The summed E-state index contributed by atoms with van der Waals surface area (Å²) in [4.78, 5) is 48.6. The lowest BCUT2D eigenvalue weighted by Gasteiger charge is -2.19. The second-order valence-electron chi connectivity index (χ2n) is 8.41. The minimum atomic E-state index is -0.865. The number of hydrogen-bond acceptors (Lipinski definition) is 6. The molecule has 3 N–H and O–H groups in total. The molecule has 9 heteroatoms. The molecule has 9 nitrogen and oxygen atoms in total. The maximum absolute atomic E-state index is 13.1. The first kappa shape index (κ1) is 26.5. The Bertz CT molecular complexity index is 1260. The standard InChI is InChI=1S/C27H31N3O6/c1-3-24(31)28-14-8-7-11-22(30-27(34)35-17-19-9-5-4-6-10-19)26(33)29-20-12-13-21-18(2)15-25(32)36-23(21)16-20/h4-6,9-10,12-13,15-16,22H,3,7-8,11,14,17H2,1-2H3,(H,28,31)(H,29,33)(H,30,34)/t22-/m0/s1. The number of benzene rings is 2. The van der Waals surface area contributed by atoms with Crippen LogP contribution in [0.2, 0.25) is 0 Å². The highest BCUT2D eigenvalue weighted by Gasteiger charge is 2.22. The number of hydrogen-bond donors (Lipinski definition) is 3. The summed E-state index contributed by atoms with van der Waals surface area (Å²) < 4.78 is 10.5. The number of fused-ring (bicyclic) bond motifs is 1. The van der Waals surface area contributed by atoms with E-state index in [1.54, 1.807) is 32.0 Å². The minimum absolute atomic E-state index is 0.0369. The van der Waals surface area contributed by atoms with Gasteiger partial charge in [0.25, 0.3) is 0 Å². The largest absolute Gasteiger partial charge is 0.445 e. The van der Waals surface area contributed by atoms with Crippen LogP contribution in [0.3, 0.4) is 0 Å². The normalized spacial score (nSPS) is 11.5. The first-order valence-electron chi connectivity index (χ1n) is 11.9. The molecule has 0 saturated heterocycles. The highest BCUT2D eigenvalue weighted by Crippen LogP contribution is 2.21. The third-order valence-corrected chi connectivity index (χ3v) is 5.60. The summed E-state index contributed by atoms with van der Waals surface area (Å²) in [6, 6.07) is 14.8. The summed E-state index contributed by atoms with van der Waals surface area (Å²) in [6.45, 7) is 4.15. The summed E-state index contributed by atoms with van der Waals surface area (Å²) in [6.07, 6.45) is 1.28. The van der Waals surface area contributed by atoms with Crippen molar-refractivity contribution in [1.82, 2.24) is 10.6 Å². The molecule has 3 amide bonds. The predicted octanol–water partition coefficient (Wildman–Crippen LogP) is 4.03. The molecule has 1 atom stereocenters. The predicted molar refractivity (Wildman–Crippen MR) is 137 cm³/mol. The quantitative estimate of drug-likeness (QED) is 0.273. The Balaban J connectivity index is 1.64.